The topological polar surface area (TPSA) is 76.2 Å². The number of carbonyl (C=O) groups excluding carboxylic acids is 3. The van der Waals surface area contributed by atoms with Crippen molar-refractivity contribution in [1.29, 1.82) is 0 Å². The third kappa shape index (κ3) is 5.05. The Labute approximate surface area is 217 Å². The zero-order valence-electron chi connectivity index (χ0n) is 21.2. The summed E-state index contributed by atoms with van der Waals surface area (Å²) in [5, 5.41) is 6.31. The molecule has 1 aliphatic carbocycles. The molecule has 3 aliphatic rings. The monoisotopic (exact) mass is 507 g/mol. The number of piperazine rings is 1. The highest BCUT2D eigenvalue weighted by molar-refractivity contribution is 5.92. The molecular weight excluding hydrogens is 473 g/mol. The third-order valence-electron chi connectivity index (χ3n) is 7.73. The third-order valence-corrected chi connectivity index (χ3v) is 7.73. The second kappa shape index (κ2) is 10.9. The molecule has 196 valence electrons. The van der Waals surface area contributed by atoms with Crippen LogP contribution in [0.5, 0.6) is 0 Å². The van der Waals surface area contributed by atoms with Crippen LogP contribution in [-0.2, 0) is 16.1 Å². The molecule has 3 fully saturated rings. The van der Waals surface area contributed by atoms with E-state index >= 15 is 0 Å². The average Bonchev–Trinajstić information content (AvgIpc) is 2.93. The fraction of sp³-hybridized carbons (Fsp3) is 0.464. The summed E-state index contributed by atoms with van der Waals surface area (Å²) in [6, 6.07) is 14.4. The van der Waals surface area contributed by atoms with Crippen LogP contribution in [-0.4, -0.2) is 69.5 Å². The highest BCUT2D eigenvalue weighted by Crippen LogP contribution is 2.37. The smallest absolute Gasteiger partial charge is 0.334 e. The molecule has 8 nitrogen and oxygen atoms in total. The van der Waals surface area contributed by atoms with Gasteiger partial charge in [0.1, 0.15) is 18.0 Å². The quantitative estimate of drug-likeness (QED) is 0.670. The number of hydrogen-bond acceptors (Lipinski definition) is 4. The number of fused-ring (bicyclic) bond motifs is 1. The molecule has 2 aromatic rings. The molecule has 2 aliphatic heterocycles. The Bertz CT molecular complexity index is 1120. The van der Waals surface area contributed by atoms with Gasteiger partial charge < -0.3 is 15.1 Å². The summed E-state index contributed by atoms with van der Waals surface area (Å²) in [6.45, 7) is 2.88. The van der Waals surface area contributed by atoms with Gasteiger partial charge in [0.2, 0.25) is 11.8 Å². The zero-order chi connectivity index (χ0) is 25.9. The van der Waals surface area contributed by atoms with E-state index in [2.05, 4.69) is 5.32 Å². The SMILES string of the molecule is CCN1CC(=O)N2[C@@H](c3ccccc3)C(=O)N(C3CCCCC3)C[C@@H]2N1C(=O)NCc1ccc(F)cc1. The molecule has 2 heterocycles. The van der Waals surface area contributed by atoms with Crippen molar-refractivity contribution >= 4 is 17.8 Å². The van der Waals surface area contributed by atoms with Crippen molar-refractivity contribution in [2.75, 3.05) is 19.6 Å². The zero-order valence-corrected chi connectivity index (χ0v) is 21.2. The number of nitrogens with zero attached hydrogens (tertiary/aromatic N) is 4. The number of hydrogen-bond donors (Lipinski definition) is 1. The Hall–Kier alpha value is -3.46. The Morgan fingerprint density at radius 3 is 2.38 bits per heavy atom. The minimum absolute atomic E-state index is 0.0109. The molecule has 4 amide bonds. The van der Waals surface area contributed by atoms with E-state index in [1.54, 1.807) is 27.1 Å². The summed E-state index contributed by atoms with van der Waals surface area (Å²) < 4.78 is 13.3. The number of halogens is 1. The molecule has 0 unspecified atom stereocenters. The van der Waals surface area contributed by atoms with E-state index < -0.39 is 12.2 Å². The lowest BCUT2D eigenvalue weighted by molar-refractivity contribution is -0.193. The molecule has 0 aromatic heterocycles. The first-order valence-corrected chi connectivity index (χ1v) is 13.2. The summed E-state index contributed by atoms with van der Waals surface area (Å²) in [5.41, 5.74) is 1.52. The molecule has 2 aromatic carbocycles. The van der Waals surface area contributed by atoms with Crippen molar-refractivity contribution in [1.82, 2.24) is 25.1 Å². The van der Waals surface area contributed by atoms with Crippen molar-refractivity contribution in [2.24, 2.45) is 0 Å². The highest BCUT2D eigenvalue weighted by Gasteiger charge is 2.52. The molecule has 0 radical (unpaired) electrons. The van der Waals surface area contributed by atoms with Crippen LogP contribution in [0.3, 0.4) is 0 Å². The van der Waals surface area contributed by atoms with Gasteiger partial charge in [-0.3, -0.25) is 9.59 Å². The first-order valence-electron chi connectivity index (χ1n) is 13.2. The van der Waals surface area contributed by atoms with E-state index in [9.17, 15) is 18.8 Å². The number of carbonyl (C=O) groups is 3. The van der Waals surface area contributed by atoms with Gasteiger partial charge in [0.05, 0.1) is 13.1 Å². The number of nitrogens with one attached hydrogen (secondary N) is 1. The van der Waals surface area contributed by atoms with E-state index in [0.717, 1.165) is 43.2 Å². The fourth-order valence-corrected chi connectivity index (χ4v) is 5.86. The van der Waals surface area contributed by atoms with Gasteiger partial charge in [-0.2, -0.15) is 0 Å². The molecule has 37 heavy (non-hydrogen) atoms. The van der Waals surface area contributed by atoms with Crippen LogP contribution in [0.2, 0.25) is 0 Å². The number of hydrazine groups is 1. The normalized spacial score (nSPS) is 23.2. The van der Waals surface area contributed by atoms with Crippen molar-refractivity contribution in [2.45, 2.75) is 63.8 Å². The summed E-state index contributed by atoms with van der Waals surface area (Å²) >= 11 is 0. The van der Waals surface area contributed by atoms with Crippen LogP contribution >= 0.6 is 0 Å². The second-order valence-corrected chi connectivity index (χ2v) is 9.99. The Morgan fingerprint density at radius 2 is 1.70 bits per heavy atom. The Morgan fingerprint density at radius 1 is 1.00 bits per heavy atom. The van der Waals surface area contributed by atoms with E-state index in [-0.39, 0.29) is 49.3 Å². The van der Waals surface area contributed by atoms with Crippen LogP contribution in [0.1, 0.15) is 56.2 Å². The van der Waals surface area contributed by atoms with Gasteiger partial charge in [-0.15, -0.1) is 0 Å². The predicted molar refractivity (Wildman–Crippen MR) is 136 cm³/mol. The van der Waals surface area contributed by atoms with Crippen molar-refractivity contribution in [3.63, 3.8) is 0 Å². The van der Waals surface area contributed by atoms with Gasteiger partial charge in [0.15, 0.2) is 0 Å². The molecular formula is C28H34FN5O3. The molecule has 0 bridgehead atoms. The van der Waals surface area contributed by atoms with Crippen LogP contribution in [0.25, 0.3) is 0 Å². The Kier molecular flexibility index (Phi) is 7.41. The molecule has 5 rings (SSSR count). The largest absolute Gasteiger partial charge is 0.334 e. The number of urea groups is 1. The van der Waals surface area contributed by atoms with Gasteiger partial charge in [0.25, 0.3) is 0 Å². The summed E-state index contributed by atoms with van der Waals surface area (Å²) in [7, 11) is 0. The number of likely N-dealkylation sites (N-methyl/N-ethyl adjacent to an activating group) is 1. The summed E-state index contributed by atoms with van der Waals surface area (Å²) in [6.07, 6.45) is 4.54. The summed E-state index contributed by atoms with van der Waals surface area (Å²) in [5.74, 6) is -0.571. The first-order chi connectivity index (χ1) is 18.0. The van der Waals surface area contributed by atoms with E-state index in [4.69, 9.17) is 0 Å². The molecule has 2 atom stereocenters. The maximum absolute atomic E-state index is 14.0. The lowest BCUT2D eigenvalue weighted by Crippen LogP contribution is -2.75. The predicted octanol–water partition coefficient (Wildman–Crippen LogP) is 3.66. The molecule has 1 saturated carbocycles. The van der Waals surface area contributed by atoms with Gasteiger partial charge in [0, 0.05) is 19.1 Å². The van der Waals surface area contributed by atoms with E-state index in [1.807, 2.05) is 42.2 Å². The van der Waals surface area contributed by atoms with Gasteiger partial charge in [-0.1, -0.05) is 68.7 Å². The van der Waals surface area contributed by atoms with Gasteiger partial charge in [-0.05, 0) is 36.1 Å². The van der Waals surface area contributed by atoms with Crippen LogP contribution in [0, 0.1) is 5.82 Å². The number of amides is 4. The standard InChI is InChI=1S/C28H34FN5O3/c1-2-31-19-25(35)33-24(34(31)28(37)30-17-20-13-15-22(29)16-14-20)18-32(23-11-7-4-8-12-23)27(36)26(33)21-9-5-3-6-10-21/h3,5-6,9-10,13-16,23-24,26H,2,4,7-8,11-12,17-19H2,1H3,(H,30,37)/t24-,26-/m0/s1. The van der Waals surface area contributed by atoms with Crippen molar-refractivity contribution in [3.05, 3.63) is 71.5 Å². The molecule has 9 heteroatoms. The number of rotatable bonds is 5. The molecule has 1 N–H and O–H groups in total. The minimum atomic E-state index is -0.777. The van der Waals surface area contributed by atoms with E-state index in [1.165, 1.54) is 12.1 Å². The average molecular weight is 508 g/mol. The minimum Gasteiger partial charge on any atom is -0.334 e. The maximum Gasteiger partial charge on any atom is 0.334 e. The highest BCUT2D eigenvalue weighted by atomic mass is 19.1. The first kappa shape index (κ1) is 25.2. The van der Waals surface area contributed by atoms with Crippen LogP contribution in [0.15, 0.2) is 54.6 Å². The van der Waals surface area contributed by atoms with Gasteiger partial charge in [-0.25, -0.2) is 19.2 Å². The number of benzene rings is 2. The van der Waals surface area contributed by atoms with E-state index in [0.29, 0.717) is 6.54 Å². The van der Waals surface area contributed by atoms with Gasteiger partial charge >= 0.3 is 6.03 Å². The van der Waals surface area contributed by atoms with Crippen LogP contribution in [0.4, 0.5) is 9.18 Å². The fourth-order valence-electron chi connectivity index (χ4n) is 5.86. The molecule has 2 saturated heterocycles. The summed E-state index contributed by atoms with van der Waals surface area (Å²) in [4.78, 5) is 44.6. The second-order valence-electron chi connectivity index (χ2n) is 9.99. The van der Waals surface area contributed by atoms with Crippen molar-refractivity contribution in [3.8, 4) is 0 Å². The lowest BCUT2D eigenvalue weighted by Gasteiger charge is -2.56. The lowest BCUT2D eigenvalue weighted by atomic mass is 9.91. The van der Waals surface area contributed by atoms with Crippen molar-refractivity contribution < 1.29 is 18.8 Å². The maximum atomic E-state index is 14.0. The molecule has 0 spiro atoms. The Balaban J connectivity index is 1.48. The van der Waals surface area contributed by atoms with Crippen LogP contribution < -0.4 is 5.32 Å².